The number of benzene rings is 2. The topological polar surface area (TPSA) is 79.0 Å². The van der Waals surface area contributed by atoms with Crippen molar-refractivity contribution < 1.29 is 19.1 Å². The number of ether oxygens (including phenoxy) is 1. The highest BCUT2D eigenvalue weighted by Crippen LogP contribution is 2.41. The molecule has 0 aromatic heterocycles. The van der Waals surface area contributed by atoms with Crippen LogP contribution >= 0.6 is 0 Å². The number of likely N-dealkylation sites (N-methyl/N-ethyl adjacent to an activating group) is 1. The standard InChI is InChI=1S/C24H27N3O4/c1-16-12-17(2)14-19(13-16)31-11-10-26(3)21(28)15-27-22(29)24(25-23(27)30)9-8-18-6-4-5-7-20(18)24/h4-7,12-14H,8-11,15H2,1-3H3,(H,25,30). The minimum Gasteiger partial charge on any atom is -0.492 e. The highest BCUT2D eigenvalue weighted by Gasteiger charge is 2.55. The van der Waals surface area contributed by atoms with Crippen molar-refractivity contribution in [1.29, 1.82) is 0 Å². The first kappa shape index (κ1) is 20.9. The lowest BCUT2D eigenvalue weighted by Gasteiger charge is -2.23. The number of fused-ring (bicyclic) bond motifs is 2. The van der Waals surface area contributed by atoms with Crippen molar-refractivity contribution in [2.75, 3.05) is 26.7 Å². The number of carbonyl (C=O) groups is 3. The maximum Gasteiger partial charge on any atom is 0.325 e. The zero-order chi connectivity index (χ0) is 22.2. The largest absolute Gasteiger partial charge is 0.492 e. The molecule has 4 rings (SSSR count). The van der Waals surface area contributed by atoms with E-state index in [2.05, 4.69) is 11.4 Å². The Hall–Kier alpha value is -3.35. The Balaban J connectivity index is 1.36. The molecular weight excluding hydrogens is 394 g/mol. The smallest absolute Gasteiger partial charge is 0.325 e. The molecule has 1 aliphatic heterocycles. The molecule has 0 radical (unpaired) electrons. The van der Waals surface area contributed by atoms with Crippen molar-refractivity contribution in [3.05, 3.63) is 64.7 Å². The van der Waals surface area contributed by atoms with Gasteiger partial charge < -0.3 is 15.0 Å². The Morgan fingerprint density at radius 1 is 1.16 bits per heavy atom. The lowest BCUT2D eigenvalue weighted by molar-refractivity contribution is -0.138. The number of hydrogen-bond donors (Lipinski definition) is 1. The fourth-order valence-electron chi connectivity index (χ4n) is 4.43. The fraction of sp³-hybridized carbons (Fsp3) is 0.375. The van der Waals surface area contributed by atoms with Gasteiger partial charge in [-0.1, -0.05) is 30.3 Å². The van der Waals surface area contributed by atoms with E-state index in [0.717, 1.165) is 39.3 Å². The van der Waals surface area contributed by atoms with Crippen molar-refractivity contribution in [1.82, 2.24) is 15.1 Å². The Labute approximate surface area is 182 Å². The van der Waals surface area contributed by atoms with E-state index in [4.69, 9.17) is 4.74 Å². The van der Waals surface area contributed by atoms with Gasteiger partial charge in [-0.15, -0.1) is 0 Å². The summed E-state index contributed by atoms with van der Waals surface area (Å²) < 4.78 is 5.76. The van der Waals surface area contributed by atoms with E-state index >= 15 is 0 Å². The van der Waals surface area contributed by atoms with E-state index in [1.807, 2.05) is 50.2 Å². The van der Waals surface area contributed by atoms with Crippen molar-refractivity contribution in [3.63, 3.8) is 0 Å². The third kappa shape index (κ3) is 3.87. The van der Waals surface area contributed by atoms with Crippen LogP contribution in [-0.4, -0.2) is 54.4 Å². The van der Waals surface area contributed by atoms with E-state index in [0.29, 0.717) is 19.6 Å². The summed E-state index contributed by atoms with van der Waals surface area (Å²) in [4.78, 5) is 40.9. The fourth-order valence-corrected chi connectivity index (χ4v) is 4.43. The van der Waals surface area contributed by atoms with Crippen LogP contribution in [0.1, 0.15) is 28.7 Å². The second kappa shape index (κ2) is 8.06. The van der Waals surface area contributed by atoms with Gasteiger partial charge in [0.2, 0.25) is 5.91 Å². The first-order valence-electron chi connectivity index (χ1n) is 10.5. The monoisotopic (exact) mass is 421 g/mol. The Morgan fingerprint density at radius 3 is 2.61 bits per heavy atom. The highest BCUT2D eigenvalue weighted by molar-refractivity contribution is 6.09. The van der Waals surface area contributed by atoms with Crippen LogP contribution in [0.5, 0.6) is 5.75 Å². The van der Waals surface area contributed by atoms with Gasteiger partial charge in [-0.05, 0) is 61.1 Å². The molecule has 1 unspecified atom stereocenters. The lowest BCUT2D eigenvalue weighted by Crippen LogP contribution is -2.44. The van der Waals surface area contributed by atoms with Gasteiger partial charge in [0.05, 0.1) is 6.54 Å². The molecule has 0 bridgehead atoms. The summed E-state index contributed by atoms with van der Waals surface area (Å²) in [6.45, 7) is 4.40. The zero-order valence-electron chi connectivity index (χ0n) is 18.1. The Morgan fingerprint density at radius 2 is 1.87 bits per heavy atom. The molecule has 1 spiro atoms. The average Bonchev–Trinajstić information content (AvgIpc) is 3.20. The van der Waals surface area contributed by atoms with Crippen LogP contribution < -0.4 is 10.1 Å². The van der Waals surface area contributed by atoms with Crippen molar-refractivity contribution in [2.24, 2.45) is 0 Å². The van der Waals surface area contributed by atoms with Crippen molar-refractivity contribution in [3.8, 4) is 5.75 Å². The van der Waals surface area contributed by atoms with E-state index in [9.17, 15) is 14.4 Å². The average molecular weight is 421 g/mol. The van der Waals surface area contributed by atoms with Gasteiger partial charge in [0.25, 0.3) is 5.91 Å². The van der Waals surface area contributed by atoms with Gasteiger partial charge in [-0.3, -0.25) is 14.5 Å². The molecule has 0 saturated carbocycles. The number of hydrogen-bond acceptors (Lipinski definition) is 4. The molecule has 2 aromatic rings. The predicted octanol–water partition coefficient (Wildman–Crippen LogP) is 2.53. The number of rotatable bonds is 6. The molecule has 1 fully saturated rings. The predicted molar refractivity (Wildman–Crippen MR) is 116 cm³/mol. The molecule has 1 heterocycles. The maximum absolute atomic E-state index is 13.2. The van der Waals surface area contributed by atoms with E-state index < -0.39 is 11.6 Å². The summed E-state index contributed by atoms with van der Waals surface area (Å²) in [5, 5.41) is 2.85. The molecule has 2 aromatic carbocycles. The zero-order valence-corrected chi connectivity index (χ0v) is 18.1. The minimum atomic E-state index is -1.04. The number of urea groups is 1. The summed E-state index contributed by atoms with van der Waals surface area (Å²) in [5.74, 6) is 0.0980. The van der Waals surface area contributed by atoms with Crippen molar-refractivity contribution >= 4 is 17.8 Å². The summed E-state index contributed by atoms with van der Waals surface area (Å²) in [6.07, 6.45) is 1.24. The first-order chi connectivity index (χ1) is 14.8. The first-order valence-corrected chi connectivity index (χ1v) is 10.5. The van der Waals surface area contributed by atoms with E-state index in [-0.39, 0.29) is 18.4 Å². The minimum absolute atomic E-state index is 0.283. The summed E-state index contributed by atoms with van der Waals surface area (Å²) in [5.41, 5.74) is 3.07. The van der Waals surface area contributed by atoms with Crippen LogP contribution in [0.4, 0.5) is 4.79 Å². The van der Waals surface area contributed by atoms with Crippen LogP contribution in [0.2, 0.25) is 0 Å². The SMILES string of the molecule is Cc1cc(C)cc(OCCN(C)C(=O)CN2C(=O)NC3(CCc4ccccc43)C2=O)c1. The maximum atomic E-state index is 13.2. The number of imide groups is 1. The van der Waals surface area contributed by atoms with Gasteiger partial charge in [0, 0.05) is 7.05 Å². The normalized spacial score (nSPS) is 19.5. The van der Waals surface area contributed by atoms with Crippen LogP contribution in [0.15, 0.2) is 42.5 Å². The quantitative estimate of drug-likeness (QED) is 0.727. The van der Waals surface area contributed by atoms with Gasteiger partial charge >= 0.3 is 6.03 Å². The Kier molecular flexibility index (Phi) is 5.43. The number of carbonyl (C=O) groups excluding carboxylic acids is 3. The molecule has 1 aliphatic carbocycles. The van der Waals surface area contributed by atoms with Crippen LogP contribution in [-0.2, 0) is 21.5 Å². The second-order valence-corrected chi connectivity index (χ2v) is 8.37. The summed E-state index contributed by atoms with van der Waals surface area (Å²) >= 11 is 0. The van der Waals surface area contributed by atoms with Crippen LogP contribution in [0.3, 0.4) is 0 Å². The number of amides is 4. The highest BCUT2D eigenvalue weighted by atomic mass is 16.5. The van der Waals surface area contributed by atoms with Gasteiger partial charge in [0.1, 0.15) is 24.4 Å². The third-order valence-corrected chi connectivity index (χ3v) is 6.03. The van der Waals surface area contributed by atoms with Gasteiger partial charge in [-0.25, -0.2) is 4.79 Å². The van der Waals surface area contributed by atoms with Gasteiger partial charge in [-0.2, -0.15) is 0 Å². The van der Waals surface area contributed by atoms with E-state index in [1.165, 1.54) is 4.90 Å². The molecule has 4 amide bonds. The second-order valence-electron chi connectivity index (χ2n) is 8.37. The molecule has 2 aliphatic rings. The van der Waals surface area contributed by atoms with Crippen LogP contribution in [0, 0.1) is 13.8 Å². The molecule has 31 heavy (non-hydrogen) atoms. The third-order valence-electron chi connectivity index (χ3n) is 6.03. The number of aryl methyl sites for hydroxylation is 3. The number of nitrogens with zero attached hydrogens (tertiary/aromatic N) is 2. The molecule has 1 saturated heterocycles. The molecule has 162 valence electrons. The molecule has 1 atom stereocenters. The van der Waals surface area contributed by atoms with Crippen molar-refractivity contribution in [2.45, 2.75) is 32.2 Å². The molecule has 1 N–H and O–H groups in total. The van der Waals surface area contributed by atoms with Gasteiger partial charge in [0.15, 0.2) is 0 Å². The lowest BCUT2D eigenvalue weighted by atomic mass is 9.92. The number of nitrogens with one attached hydrogen (secondary N) is 1. The Bertz CT molecular complexity index is 1030. The molecule has 7 nitrogen and oxygen atoms in total. The van der Waals surface area contributed by atoms with E-state index in [1.54, 1.807) is 7.05 Å². The molecule has 7 heteroatoms. The summed E-state index contributed by atoms with van der Waals surface area (Å²) in [7, 11) is 1.65. The van der Waals surface area contributed by atoms with Crippen LogP contribution in [0.25, 0.3) is 0 Å². The summed E-state index contributed by atoms with van der Waals surface area (Å²) in [6, 6.07) is 13.1. The molecular formula is C24H27N3O4.